The van der Waals surface area contributed by atoms with Crippen molar-refractivity contribution in [1.82, 2.24) is 4.72 Å². The Hall–Kier alpha value is -1.83. The van der Waals surface area contributed by atoms with Crippen LogP contribution in [-0.2, 0) is 21.2 Å². The molecular weight excluding hydrogens is 318 g/mol. The fourth-order valence-corrected chi connectivity index (χ4v) is 3.15. The van der Waals surface area contributed by atoms with Gasteiger partial charge in [0, 0.05) is 13.7 Å². The van der Waals surface area contributed by atoms with E-state index in [1.807, 2.05) is 24.3 Å². The number of benzene rings is 1. The zero-order valence-electron chi connectivity index (χ0n) is 13.2. The molecule has 1 aromatic heterocycles. The van der Waals surface area contributed by atoms with Gasteiger partial charge in [0.2, 0.25) is 10.0 Å². The van der Waals surface area contributed by atoms with E-state index in [1.54, 1.807) is 19.2 Å². The van der Waals surface area contributed by atoms with Crippen LogP contribution < -0.4 is 9.46 Å². The summed E-state index contributed by atoms with van der Waals surface area (Å²) in [6.45, 7) is 0.134. The number of hydrogen-bond donors (Lipinski definition) is 1. The molecule has 0 aliphatic rings. The van der Waals surface area contributed by atoms with Crippen LogP contribution in [0.3, 0.4) is 0 Å². The van der Waals surface area contributed by atoms with Gasteiger partial charge in [0.05, 0.1) is 19.1 Å². The molecule has 1 heterocycles. The number of aryl methyl sites for hydroxylation is 1. The Labute approximate surface area is 136 Å². The van der Waals surface area contributed by atoms with Gasteiger partial charge in [0.1, 0.15) is 17.6 Å². The maximum Gasteiger partial charge on any atom is 0.212 e. The zero-order chi connectivity index (χ0) is 16.7. The highest BCUT2D eigenvalue weighted by molar-refractivity contribution is 7.89. The van der Waals surface area contributed by atoms with Crippen molar-refractivity contribution in [2.45, 2.75) is 12.5 Å². The van der Waals surface area contributed by atoms with Crippen molar-refractivity contribution in [3.05, 3.63) is 54.0 Å². The molecule has 1 atom stereocenters. The summed E-state index contributed by atoms with van der Waals surface area (Å²) < 4.78 is 42.3. The van der Waals surface area contributed by atoms with Crippen LogP contribution in [0.4, 0.5) is 0 Å². The average Bonchev–Trinajstić information content (AvgIpc) is 3.08. The second-order valence-corrected chi connectivity index (χ2v) is 6.93. The molecule has 0 spiro atoms. The Kier molecular flexibility index (Phi) is 6.20. The molecule has 1 aromatic carbocycles. The number of rotatable bonds is 9. The van der Waals surface area contributed by atoms with Gasteiger partial charge in [-0.15, -0.1) is 0 Å². The lowest BCUT2D eigenvalue weighted by atomic mass is 10.2. The van der Waals surface area contributed by atoms with Crippen molar-refractivity contribution < 1.29 is 22.3 Å². The summed E-state index contributed by atoms with van der Waals surface area (Å²) in [4.78, 5) is 0. The number of nitrogens with one attached hydrogen (secondary N) is 1. The van der Waals surface area contributed by atoms with Crippen LogP contribution in [0, 0.1) is 0 Å². The molecule has 0 aliphatic heterocycles. The van der Waals surface area contributed by atoms with E-state index in [4.69, 9.17) is 13.9 Å². The second-order valence-electron chi connectivity index (χ2n) is 5.01. The molecule has 1 N–H and O–H groups in total. The van der Waals surface area contributed by atoms with E-state index in [0.717, 1.165) is 11.3 Å². The molecule has 0 aliphatic carbocycles. The number of ether oxygens (including phenoxy) is 2. The van der Waals surface area contributed by atoms with Gasteiger partial charge < -0.3 is 13.9 Å². The van der Waals surface area contributed by atoms with Gasteiger partial charge in [-0.1, -0.05) is 12.1 Å². The van der Waals surface area contributed by atoms with Gasteiger partial charge in [0.25, 0.3) is 0 Å². The van der Waals surface area contributed by atoms with Crippen molar-refractivity contribution in [2.75, 3.05) is 26.5 Å². The van der Waals surface area contributed by atoms with Gasteiger partial charge in [-0.05, 0) is 36.2 Å². The van der Waals surface area contributed by atoms with E-state index in [0.29, 0.717) is 12.2 Å². The first-order chi connectivity index (χ1) is 11.0. The lowest BCUT2D eigenvalue weighted by Crippen LogP contribution is -2.31. The SMILES string of the molecule is COc1ccc(CCS(=O)(=O)NCC(OC)c2ccco2)cc1. The number of methoxy groups -OCH3 is 2. The maximum atomic E-state index is 12.1. The summed E-state index contributed by atoms with van der Waals surface area (Å²) in [5.41, 5.74) is 0.936. The number of hydrogen-bond acceptors (Lipinski definition) is 5. The fraction of sp³-hybridized carbons (Fsp3) is 0.375. The van der Waals surface area contributed by atoms with E-state index in [9.17, 15) is 8.42 Å². The van der Waals surface area contributed by atoms with Gasteiger partial charge >= 0.3 is 0 Å². The third kappa shape index (κ3) is 5.38. The lowest BCUT2D eigenvalue weighted by Gasteiger charge is -2.14. The van der Waals surface area contributed by atoms with Crippen LogP contribution >= 0.6 is 0 Å². The summed E-state index contributed by atoms with van der Waals surface area (Å²) in [6.07, 6.45) is 1.51. The third-order valence-electron chi connectivity index (χ3n) is 3.45. The summed E-state index contributed by atoms with van der Waals surface area (Å²) in [7, 11) is -0.290. The maximum absolute atomic E-state index is 12.1. The van der Waals surface area contributed by atoms with Crippen molar-refractivity contribution in [2.24, 2.45) is 0 Å². The third-order valence-corrected chi connectivity index (χ3v) is 4.80. The van der Waals surface area contributed by atoms with Crippen LogP contribution in [0.25, 0.3) is 0 Å². The minimum absolute atomic E-state index is 0.00786. The summed E-state index contributed by atoms with van der Waals surface area (Å²) >= 11 is 0. The molecule has 7 heteroatoms. The molecule has 2 aromatic rings. The molecule has 0 amide bonds. The summed E-state index contributed by atoms with van der Waals surface area (Å²) in [5, 5.41) is 0. The van der Waals surface area contributed by atoms with Crippen LogP contribution in [0.1, 0.15) is 17.4 Å². The molecule has 23 heavy (non-hydrogen) atoms. The van der Waals surface area contributed by atoms with E-state index < -0.39 is 16.1 Å². The van der Waals surface area contributed by atoms with Crippen LogP contribution in [-0.4, -0.2) is 34.9 Å². The smallest absolute Gasteiger partial charge is 0.212 e. The molecule has 0 fully saturated rings. The molecule has 2 rings (SSSR count). The topological polar surface area (TPSA) is 77.8 Å². The van der Waals surface area contributed by atoms with Crippen molar-refractivity contribution in [3.63, 3.8) is 0 Å². The largest absolute Gasteiger partial charge is 0.497 e. The minimum Gasteiger partial charge on any atom is -0.497 e. The van der Waals surface area contributed by atoms with Crippen molar-refractivity contribution in [3.8, 4) is 5.75 Å². The summed E-state index contributed by atoms with van der Waals surface area (Å²) in [5.74, 6) is 1.34. The highest BCUT2D eigenvalue weighted by Crippen LogP contribution is 2.16. The Morgan fingerprint density at radius 2 is 1.91 bits per heavy atom. The fourth-order valence-electron chi connectivity index (χ4n) is 2.09. The molecule has 6 nitrogen and oxygen atoms in total. The normalized spacial score (nSPS) is 13.0. The van der Waals surface area contributed by atoms with Gasteiger partial charge in [-0.25, -0.2) is 13.1 Å². The van der Waals surface area contributed by atoms with E-state index >= 15 is 0 Å². The Bertz CT molecular complexity index is 680. The first-order valence-corrected chi connectivity index (χ1v) is 8.86. The van der Waals surface area contributed by atoms with E-state index in [-0.39, 0.29) is 12.3 Å². The van der Waals surface area contributed by atoms with E-state index in [2.05, 4.69) is 4.72 Å². The van der Waals surface area contributed by atoms with Crippen LogP contribution in [0.2, 0.25) is 0 Å². The van der Waals surface area contributed by atoms with Gasteiger partial charge in [0.15, 0.2) is 0 Å². The Morgan fingerprint density at radius 3 is 2.48 bits per heavy atom. The molecule has 0 bridgehead atoms. The molecule has 126 valence electrons. The van der Waals surface area contributed by atoms with Gasteiger partial charge in [-0.2, -0.15) is 0 Å². The van der Waals surface area contributed by atoms with Crippen LogP contribution in [0.5, 0.6) is 5.75 Å². The minimum atomic E-state index is -3.39. The zero-order valence-corrected chi connectivity index (χ0v) is 14.0. The van der Waals surface area contributed by atoms with Crippen LogP contribution in [0.15, 0.2) is 47.1 Å². The highest BCUT2D eigenvalue weighted by atomic mass is 32.2. The number of furan rings is 1. The summed E-state index contributed by atoms with van der Waals surface area (Å²) in [6, 6.07) is 10.8. The molecular formula is C16H21NO5S. The molecule has 0 saturated carbocycles. The quantitative estimate of drug-likeness (QED) is 0.757. The van der Waals surface area contributed by atoms with Gasteiger partial charge in [-0.3, -0.25) is 0 Å². The molecule has 0 saturated heterocycles. The predicted octanol–water partition coefficient (Wildman–Crippen LogP) is 2.14. The Morgan fingerprint density at radius 1 is 1.17 bits per heavy atom. The van der Waals surface area contributed by atoms with Crippen molar-refractivity contribution >= 4 is 10.0 Å². The standard InChI is InChI=1S/C16H21NO5S/c1-20-14-7-5-13(6-8-14)9-11-23(18,19)17-12-16(21-2)15-4-3-10-22-15/h3-8,10,16-17H,9,11-12H2,1-2H3. The van der Waals surface area contributed by atoms with E-state index in [1.165, 1.54) is 13.4 Å². The Balaban J connectivity index is 1.86. The first-order valence-electron chi connectivity index (χ1n) is 7.20. The monoisotopic (exact) mass is 339 g/mol. The highest BCUT2D eigenvalue weighted by Gasteiger charge is 2.17. The second kappa shape index (κ2) is 8.14. The average molecular weight is 339 g/mol. The number of sulfonamides is 1. The molecule has 1 unspecified atom stereocenters. The predicted molar refractivity (Wildman–Crippen MR) is 86.9 cm³/mol. The van der Waals surface area contributed by atoms with Crippen molar-refractivity contribution in [1.29, 1.82) is 0 Å². The first kappa shape index (κ1) is 17.5. The molecule has 0 radical (unpaired) electrons. The lowest BCUT2D eigenvalue weighted by molar-refractivity contribution is 0.0878.